The Kier molecular flexibility index (Phi) is 7.28. The van der Waals surface area contributed by atoms with Crippen LogP contribution in [0, 0.1) is 11.8 Å². The van der Waals surface area contributed by atoms with E-state index >= 15 is 0 Å². The van der Waals surface area contributed by atoms with Crippen LogP contribution >= 0.6 is 0 Å². The summed E-state index contributed by atoms with van der Waals surface area (Å²) in [5.41, 5.74) is 2.16. The summed E-state index contributed by atoms with van der Waals surface area (Å²) < 4.78 is 0. The zero-order chi connectivity index (χ0) is 31.5. The van der Waals surface area contributed by atoms with E-state index in [9.17, 15) is 39.6 Å². The first-order chi connectivity index (χ1) is 20.2. The summed E-state index contributed by atoms with van der Waals surface area (Å²) in [6, 6.07) is 9.15. The van der Waals surface area contributed by atoms with E-state index < -0.39 is 75.9 Å². The van der Waals surface area contributed by atoms with Crippen molar-refractivity contribution in [2.75, 3.05) is 38.8 Å². The van der Waals surface area contributed by atoms with Gasteiger partial charge in [0.05, 0.1) is 17.3 Å². The number of urea groups is 1. The number of fused-ring (bicyclic) bond motifs is 3. The number of benzene rings is 2. The first kappa shape index (κ1) is 29.8. The van der Waals surface area contributed by atoms with Crippen molar-refractivity contribution in [3.8, 4) is 5.75 Å². The second kappa shape index (κ2) is 10.5. The number of ketones is 2. The lowest BCUT2D eigenvalue weighted by Crippen LogP contribution is -2.66. The highest BCUT2D eigenvalue weighted by molar-refractivity contribution is 6.24. The number of rotatable bonds is 5. The normalized spacial score (nSPS) is 26.7. The Bertz CT molecular complexity index is 1620. The Morgan fingerprint density at radius 2 is 1.56 bits per heavy atom. The molecule has 226 valence electrons. The third-order valence-electron chi connectivity index (χ3n) is 8.54. The van der Waals surface area contributed by atoms with Gasteiger partial charge in [0, 0.05) is 29.1 Å². The molecule has 1 fully saturated rings. The number of aliphatic hydroxyl groups is 3. The molecule has 0 bridgehead atoms. The van der Waals surface area contributed by atoms with Gasteiger partial charge in [-0.2, -0.15) is 0 Å². The molecule has 5 rings (SSSR count). The maximum atomic E-state index is 14.2. The fourth-order valence-corrected chi connectivity index (χ4v) is 6.78. The molecule has 3 unspecified atom stereocenters. The van der Waals surface area contributed by atoms with E-state index in [1.54, 1.807) is 55.4 Å². The fourth-order valence-electron chi connectivity index (χ4n) is 6.78. The van der Waals surface area contributed by atoms with Crippen molar-refractivity contribution in [3.63, 3.8) is 0 Å². The molecule has 0 saturated heterocycles. The lowest BCUT2D eigenvalue weighted by atomic mass is 9.56. The van der Waals surface area contributed by atoms with Crippen LogP contribution < -0.4 is 16.4 Å². The number of primary amides is 1. The lowest BCUT2D eigenvalue weighted by molar-refractivity contribution is -0.154. The zero-order valence-electron chi connectivity index (χ0n) is 24.0. The van der Waals surface area contributed by atoms with Crippen LogP contribution in [0.1, 0.15) is 23.6 Å². The fraction of sp³-hybridized carbons (Fsp3) is 0.333. The molecule has 43 heavy (non-hydrogen) atoms. The van der Waals surface area contributed by atoms with Crippen molar-refractivity contribution in [2.24, 2.45) is 17.6 Å². The number of carbonyl (C=O) groups excluding carboxylic acids is 4. The van der Waals surface area contributed by atoms with E-state index in [0.717, 1.165) is 0 Å². The van der Waals surface area contributed by atoms with Crippen LogP contribution in [0.2, 0.25) is 0 Å². The summed E-state index contributed by atoms with van der Waals surface area (Å²) >= 11 is 0. The summed E-state index contributed by atoms with van der Waals surface area (Å²) in [5.74, 6) is -7.61. The third-order valence-corrected chi connectivity index (χ3v) is 8.54. The first-order valence-electron chi connectivity index (χ1n) is 13.5. The standard InChI is InChI=1S/C30H33N5O8/c1-34(2)21-14-10-11-17(33-29(42)32-13-8-6-5-7-9-13)23(36)18(14)24(37)19-15(21)12-16-22(35(3)4)25(38)20(28(31)41)27(40)30(16,43)26(19)39/h5-11,15-16,21-22,36-37,40,43H,12H2,1-4H3,(H2,31,41)(H2,32,33,42)/t15?,16?,21?,22-,30-/m0/s1. The highest BCUT2D eigenvalue weighted by Gasteiger charge is 2.65. The molecule has 3 aliphatic rings. The SMILES string of the molecule is CN(C)C1c2ccc(NC(=O)Nc3ccccc3)c(O)c2C(O)=C2C(=O)[C@]3(O)C(O)=C(C(N)=O)C(=O)[C@@H](N(C)C)C3CC21. The average molecular weight is 592 g/mol. The van der Waals surface area contributed by atoms with Crippen LogP contribution in [0.25, 0.3) is 5.76 Å². The number of carbonyl (C=O) groups is 4. The van der Waals surface area contributed by atoms with E-state index in [4.69, 9.17) is 5.73 Å². The number of amides is 3. The number of phenols is 1. The number of hydrogen-bond acceptors (Lipinski definition) is 10. The van der Waals surface area contributed by atoms with Gasteiger partial charge in [-0.1, -0.05) is 24.3 Å². The molecule has 0 heterocycles. The average Bonchev–Trinajstić information content (AvgIpc) is 2.92. The van der Waals surface area contributed by atoms with E-state index in [0.29, 0.717) is 11.3 Å². The number of para-hydroxylation sites is 1. The molecule has 2 aromatic rings. The minimum absolute atomic E-state index is 0.0607. The first-order valence-corrected chi connectivity index (χ1v) is 13.5. The van der Waals surface area contributed by atoms with Crippen molar-refractivity contribution in [3.05, 3.63) is 70.5 Å². The smallest absolute Gasteiger partial charge is 0.323 e. The Morgan fingerprint density at radius 1 is 0.930 bits per heavy atom. The van der Waals surface area contributed by atoms with Crippen molar-refractivity contribution < 1.29 is 39.6 Å². The van der Waals surface area contributed by atoms with E-state index in [2.05, 4.69) is 10.6 Å². The van der Waals surface area contributed by atoms with Gasteiger partial charge in [0.2, 0.25) is 5.78 Å². The van der Waals surface area contributed by atoms with Gasteiger partial charge < -0.3 is 41.7 Å². The van der Waals surface area contributed by atoms with Gasteiger partial charge in [-0.15, -0.1) is 0 Å². The monoisotopic (exact) mass is 591 g/mol. The molecule has 13 heteroatoms. The van der Waals surface area contributed by atoms with Gasteiger partial charge in [0.25, 0.3) is 5.91 Å². The number of nitrogens with zero attached hydrogens (tertiary/aromatic N) is 2. The molecule has 13 nitrogen and oxygen atoms in total. The number of phenolic OH excluding ortho intramolecular Hbond substituents is 1. The molecule has 0 aromatic heterocycles. The van der Waals surface area contributed by atoms with Crippen molar-refractivity contribution in [1.29, 1.82) is 0 Å². The molecular weight excluding hydrogens is 558 g/mol. The maximum Gasteiger partial charge on any atom is 0.323 e. The second-order valence-corrected chi connectivity index (χ2v) is 11.4. The summed E-state index contributed by atoms with van der Waals surface area (Å²) in [7, 11) is 6.54. The highest BCUT2D eigenvalue weighted by Crippen LogP contribution is 2.57. The quantitative estimate of drug-likeness (QED) is 0.198. The topological polar surface area (TPSA) is 206 Å². The summed E-state index contributed by atoms with van der Waals surface area (Å²) in [5, 5.41) is 51.0. The number of aliphatic hydroxyl groups excluding tert-OH is 2. The van der Waals surface area contributed by atoms with Crippen LogP contribution in [0.15, 0.2) is 59.4 Å². The number of nitrogens with two attached hydrogens (primary N) is 1. The molecule has 2 aromatic carbocycles. The number of anilines is 2. The number of Topliss-reactive ketones (excluding diaryl/α,β-unsaturated/α-hetero) is 2. The third kappa shape index (κ3) is 4.44. The predicted molar refractivity (Wildman–Crippen MR) is 156 cm³/mol. The van der Waals surface area contributed by atoms with Gasteiger partial charge >= 0.3 is 6.03 Å². The van der Waals surface area contributed by atoms with Gasteiger partial charge in [-0.05, 0) is 58.4 Å². The van der Waals surface area contributed by atoms with Crippen LogP contribution in [0.3, 0.4) is 0 Å². The number of likely N-dealkylation sites (N-methyl/N-ethyl adjacent to an activating group) is 1. The molecular formula is C30H33N5O8. The zero-order valence-corrected chi connectivity index (χ0v) is 24.0. The minimum Gasteiger partial charge on any atom is -0.508 e. The predicted octanol–water partition coefficient (Wildman–Crippen LogP) is 1.67. The molecule has 0 radical (unpaired) electrons. The number of aromatic hydroxyl groups is 1. The summed E-state index contributed by atoms with van der Waals surface area (Å²) in [4.78, 5) is 55.6. The highest BCUT2D eigenvalue weighted by atomic mass is 16.3. The second-order valence-electron chi connectivity index (χ2n) is 11.4. The number of hydrogen-bond donors (Lipinski definition) is 7. The Balaban J connectivity index is 1.65. The Hall–Kier alpha value is -4.72. The van der Waals surface area contributed by atoms with Crippen LogP contribution in [0.4, 0.5) is 16.2 Å². The van der Waals surface area contributed by atoms with Crippen molar-refractivity contribution >= 4 is 40.6 Å². The van der Waals surface area contributed by atoms with Gasteiger partial charge in [-0.25, -0.2) is 4.79 Å². The Morgan fingerprint density at radius 3 is 2.14 bits per heavy atom. The molecule has 3 aliphatic carbocycles. The van der Waals surface area contributed by atoms with Crippen LogP contribution in [-0.4, -0.2) is 93.6 Å². The lowest BCUT2D eigenvalue weighted by Gasteiger charge is -2.52. The minimum atomic E-state index is -2.76. The maximum absolute atomic E-state index is 14.2. The van der Waals surface area contributed by atoms with E-state index in [1.807, 2.05) is 0 Å². The number of nitrogens with one attached hydrogen (secondary N) is 2. The van der Waals surface area contributed by atoms with Crippen molar-refractivity contribution in [2.45, 2.75) is 24.1 Å². The van der Waals surface area contributed by atoms with Gasteiger partial charge in [-0.3, -0.25) is 19.3 Å². The summed E-state index contributed by atoms with van der Waals surface area (Å²) in [6.07, 6.45) is -0.0607. The van der Waals surface area contributed by atoms with E-state index in [-0.39, 0.29) is 23.2 Å². The molecule has 0 aliphatic heterocycles. The Labute approximate surface area is 246 Å². The molecule has 3 amide bonds. The van der Waals surface area contributed by atoms with E-state index in [1.165, 1.54) is 25.1 Å². The van der Waals surface area contributed by atoms with Crippen molar-refractivity contribution in [1.82, 2.24) is 9.80 Å². The molecule has 5 atom stereocenters. The molecule has 8 N–H and O–H groups in total. The summed E-state index contributed by atoms with van der Waals surface area (Å²) in [6.45, 7) is 0. The van der Waals surface area contributed by atoms with Crippen LogP contribution in [-0.2, 0) is 14.4 Å². The largest absolute Gasteiger partial charge is 0.508 e. The molecule has 1 saturated carbocycles. The van der Waals surface area contributed by atoms with Crippen LogP contribution in [0.5, 0.6) is 5.75 Å². The van der Waals surface area contributed by atoms with Gasteiger partial charge in [0.15, 0.2) is 11.4 Å². The van der Waals surface area contributed by atoms with Gasteiger partial charge in [0.1, 0.15) is 22.8 Å². The molecule has 0 spiro atoms.